The average Bonchev–Trinajstić information content (AvgIpc) is 2.36. The topological polar surface area (TPSA) is 78.0 Å². The fourth-order valence-corrected chi connectivity index (χ4v) is 2.09. The van der Waals surface area contributed by atoms with Gasteiger partial charge in [-0.2, -0.15) is 0 Å². The first-order valence-electron chi connectivity index (χ1n) is 5.12. The summed E-state index contributed by atoms with van der Waals surface area (Å²) in [7, 11) is 0. The first-order chi connectivity index (χ1) is 8.97. The van der Waals surface area contributed by atoms with Gasteiger partial charge in [0, 0.05) is 18.9 Å². The second-order valence-electron chi connectivity index (χ2n) is 3.74. The number of hydrogen-bond donors (Lipinski definition) is 0. The second kappa shape index (κ2) is 5.50. The van der Waals surface area contributed by atoms with Crippen molar-refractivity contribution >= 4 is 33.2 Å². The molecule has 0 spiro atoms. The number of hydrogen-bond acceptors (Lipinski definition) is 4. The van der Waals surface area contributed by atoms with E-state index in [1.54, 1.807) is 18.3 Å². The molecule has 0 saturated carbocycles. The van der Waals surface area contributed by atoms with Crippen molar-refractivity contribution in [3.8, 4) is 0 Å². The molecule has 0 atom stereocenters. The smallest absolute Gasteiger partial charge is 0.333 e. The molecule has 0 aliphatic carbocycles. The SMILES string of the molecule is O=c1c(Br)cn(Cc2ccc(Cl)nc2)cc1[N+](=O)[O-]. The lowest BCUT2D eigenvalue weighted by molar-refractivity contribution is -0.386. The molecule has 0 aromatic carbocycles. The number of rotatable bonds is 3. The van der Waals surface area contributed by atoms with Crippen LogP contribution in [0.3, 0.4) is 0 Å². The van der Waals surface area contributed by atoms with E-state index >= 15 is 0 Å². The maximum absolute atomic E-state index is 11.5. The number of nitrogens with zero attached hydrogens (tertiary/aromatic N) is 3. The molecular formula is C11H7BrClN3O3. The zero-order chi connectivity index (χ0) is 14.0. The van der Waals surface area contributed by atoms with Crippen molar-refractivity contribution in [3.63, 3.8) is 0 Å². The Kier molecular flexibility index (Phi) is 3.96. The van der Waals surface area contributed by atoms with E-state index in [-0.39, 0.29) is 4.47 Å². The van der Waals surface area contributed by atoms with Gasteiger partial charge < -0.3 is 4.57 Å². The number of nitro groups is 1. The van der Waals surface area contributed by atoms with Gasteiger partial charge in [-0.05, 0) is 27.6 Å². The Morgan fingerprint density at radius 1 is 1.42 bits per heavy atom. The zero-order valence-corrected chi connectivity index (χ0v) is 11.8. The van der Waals surface area contributed by atoms with Crippen LogP contribution >= 0.6 is 27.5 Å². The fraction of sp³-hybridized carbons (Fsp3) is 0.0909. The largest absolute Gasteiger partial charge is 0.342 e. The Morgan fingerprint density at radius 2 is 2.16 bits per heavy atom. The predicted octanol–water partition coefficient (Wildman–Crippen LogP) is 2.62. The summed E-state index contributed by atoms with van der Waals surface area (Å²) in [4.78, 5) is 25.5. The summed E-state index contributed by atoms with van der Waals surface area (Å²) in [5, 5.41) is 11.1. The molecule has 8 heteroatoms. The molecule has 0 unspecified atom stereocenters. The molecule has 0 N–H and O–H groups in total. The van der Waals surface area contributed by atoms with Crippen molar-refractivity contribution in [2.45, 2.75) is 6.54 Å². The third kappa shape index (κ3) is 3.18. The van der Waals surface area contributed by atoms with Crippen LogP contribution in [0.5, 0.6) is 0 Å². The summed E-state index contributed by atoms with van der Waals surface area (Å²) in [6.45, 7) is 0.351. The number of halogens is 2. The minimum Gasteiger partial charge on any atom is -0.342 e. The van der Waals surface area contributed by atoms with Crippen LogP contribution in [0.4, 0.5) is 5.69 Å². The molecule has 0 fully saturated rings. The van der Waals surface area contributed by atoms with E-state index in [1.807, 2.05) is 0 Å². The van der Waals surface area contributed by atoms with Crippen LogP contribution < -0.4 is 5.43 Å². The van der Waals surface area contributed by atoms with E-state index in [2.05, 4.69) is 20.9 Å². The average molecular weight is 345 g/mol. The highest BCUT2D eigenvalue weighted by atomic mass is 79.9. The molecule has 19 heavy (non-hydrogen) atoms. The van der Waals surface area contributed by atoms with E-state index in [0.717, 1.165) is 5.56 Å². The molecule has 0 aliphatic rings. The summed E-state index contributed by atoms with van der Waals surface area (Å²) in [5.74, 6) is 0. The zero-order valence-electron chi connectivity index (χ0n) is 9.42. The molecule has 2 aromatic rings. The van der Waals surface area contributed by atoms with Crippen LogP contribution in [-0.4, -0.2) is 14.5 Å². The predicted molar refractivity (Wildman–Crippen MR) is 73.4 cm³/mol. The number of aromatic nitrogens is 2. The second-order valence-corrected chi connectivity index (χ2v) is 4.98. The Bertz CT molecular complexity index is 685. The summed E-state index contributed by atoms with van der Waals surface area (Å²) < 4.78 is 1.68. The Labute approximate surface area is 120 Å². The van der Waals surface area contributed by atoms with Crippen LogP contribution in [0, 0.1) is 10.1 Å². The van der Waals surface area contributed by atoms with Gasteiger partial charge in [-0.3, -0.25) is 14.9 Å². The Hall–Kier alpha value is -1.73. The maximum Gasteiger partial charge on any atom is 0.333 e. The fourth-order valence-electron chi connectivity index (χ4n) is 1.51. The highest BCUT2D eigenvalue weighted by molar-refractivity contribution is 9.10. The van der Waals surface area contributed by atoms with Gasteiger partial charge in [0.15, 0.2) is 0 Å². The summed E-state index contributed by atoms with van der Waals surface area (Å²) >= 11 is 8.69. The third-order valence-electron chi connectivity index (χ3n) is 2.37. The highest BCUT2D eigenvalue weighted by Gasteiger charge is 2.15. The van der Waals surface area contributed by atoms with Gasteiger partial charge in [0.1, 0.15) is 5.15 Å². The molecule has 2 rings (SSSR count). The van der Waals surface area contributed by atoms with Crippen molar-refractivity contribution in [1.29, 1.82) is 0 Å². The molecule has 2 heterocycles. The molecular weight excluding hydrogens is 337 g/mol. The highest BCUT2D eigenvalue weighted by Crippen LogP contribution is 2.13. The van der Waals surface area contributed by atoms with Crippen LogP contribution in [0.25, 0.3) is 0 Å². The molecule has 0 radical (unpaired) electrons. The van der Waals surface area contributed by atoms with Crippen LogP contribution in [-0.2, 0) is 6.54 Å². The summed E-state index contributed by atoms with van der Waals surface area (Å²) in [6, 6.07) is 3.38. The van der Waals surface area contributed by atoms with E-state index in [9.17, 15) is 14.9 Å². The number of pyridine rings is 2. The van der Waals surface area contributed by atoms with Gasteiger partial charge in [-0.15, -0.1) is 0 Å². The van der Waals surface area contributed by atoms with Gasteiger partial charge in [0.05, 0.1) is 15.6 Å². The normalized spacial score (nSPS) is 10.4. The van der Waals surface area contributed by atoms with Crippen LogP contribution in [0.2, 0.25) is 5.15 Å². The molecule has 98 valence electrons. The molecule has 0 saturated heterocycles. The molecule has 0 amide bonds. The van der Waals surface area contributed by atoms with Crippen molar-refractivity contribution in [1.82, 2.24) is 9.55 Å². The lowest BCUT2D eigenvalue weighted by Crippen LogP contribution is -2.13. The molecule has 2 aromatic heterocycles. The van der Waals surface area contributed by atoms with Crippen molar-refractivity contribution in [2.75, 3.05) is 0 Å². The minimum absolute atomic E-state index is 0.142. The molecule has 6 nitrogen and oxygen atoms in total. The minimum atomic E-state index is -0.705. The molecule has 0 aliphatic heterocycles. The van der Waals surface area contributed by atoms with Gasteiger partial charge in [-0.25, -0.2) is 4.98 Å². The van der Waals surface area contributed by atoms with Gasteiger partial charge in [0.2, 0.25) is 0 Å². The van der Waals surface area contributed by atoms with Gasteiger partial charge in [-0.1, -0.05) is 17.7 Å². The first-order valence-corrected chi connectivity index (χ1v) is 6.29. The van der Waals surface area contributed by atoms with E-state index < -0.39 is 16.0 Å². The molecule has 0 bridgehead atoms. The lowest BCUT2D eigenvalue weighted by Gasteiger charge is -2.06. The summed E-state index contributed by atoms with van der Waals surface area (Å²) in [5.41, 5.74) is -0.305. The quantitative estimate of drug-likeness (QED) is 0.487. The Morgan fingerprint density at radius 3 is 2.74 bits per heavy atom. The van der Waals surface area contributed by atoms with Crippen LogP contribution in [0.1, 0.15) is 5.56 Å². The van der Waals surface area contributed by atoms with Crippen molar-refractivity contribution in [3.05, 3.63) is 66.3 Å². The lowest BCUT2D eigenvalue weighted by atomic mass is 10.3. The van der Waals surface area contributed by atoms with E-state index in [4.69, 9.17) is 11.6 Å². The maximum atomic E-state index is 11.5. The van der Waals surface area contributed by atoms with Gasteiger partial charge in [0.25, 0.3) is 5.43 Å². The first kappa shape index (κ1) is 13.7. The Balaban J connectivity index is 2.38. The van der Waals surface area contributed by atoms with Crippen LogP contribution in [0.15, 0.2) is 40.0 Å². The monoisotopic (exact) mass is 343 g/mol. The summed E-state index contributed by atoms with van der Waals surface area (Å²) in [6.07, 6.45) is 4.26. The van der Waals surface area contributed by atoms with E-state index in [1.165, 1.54) is 17.0 Å². The van der Waals surface area contributed by atoms with Crippen molar-refractivity contribution in [2.24, 2.45) is 0 Å². The standard InChI is InChI=1S/C11H7BrClN3O3/c12-8-5-15(6-9(11(8)17)16(18)19)4-7-1-2-10(13)14-3-7/h1-3,5-6H,4H2. The van der Waals surface area contributed by atoms with E-state index in [0.29, 0.717) is 11.7 Å². The third-order valence-corrected chi connectivity index (χ3v) is 3.16. The van der Waals surface area contributed by atoms with Crippen molar-refractivity contribution < 1.29 is 4.92 Å². The van der Waals surface area contributed by atoms with Gasteiger partial charge >= 0.3 is 5.69 Å².